The van der Waals surface area contributed by atoms with Gasteiger partial charge in [0.15, 0.2) is 0 Å². The molecule has 78 valence electrons. The van der Waals surface area contributed by atoms with Gasteiger partial charge in [0.25, 0.3) is 0 Å². The summed E-state index contributed by atoms with van der Waals surface area (Å²) in [6, 6.07) is 4.60. The number of aliphatic hydroxyl groups is 1. The summed E-state index contributed by atoms with van der Waals surface area (Å²) in [5.41, 5.74) is 7.34. The molecule has 0 amide bonds. The molecule has 0 aromatic heterocycles. The van der Waals surface area contributed by atoms with Crippen LogP contribution in [0.3, 0.4) is 0 Å². The molecule has 0 spiro atoms. The van der Waals surface area contributed by atoms with Crippen molar-refractivity contribution < 1.29 is 9.50 Å². The molecule has 3 heteroatoms. The second-order valence-corrected chi connectivity index (χ2v) is 3.50. The molecule has 0 aliphatic rings. The van der Waals surface area contributed by atoms with Crippen LogP contribution in [0.5, 0.6) is 0 Å². The Morgan fingerprint density at radius 3 is 2.86 bits per heavy atom. The van der Waals surface area contributed by atoms with Crippen LogP contribution in [0.1, 0.15) is 30.0 Å². The molecule has 0 saturated heterocycles. The van der Waals surface area contributed by atoms with Crippen LogP contribution in [-0.2, 0) is 0 Å². The number of aryl methyl sites for hydroxylation is 1. The van der Waals surface area contributed by atoms with Crippen LogP contribution in [0.25, 0.3) is 0 Å². The third-order valence-electron chi connectivity index (χ3n) is 2.22. The van der Waals surface area contributed by atoms with Gasteiger partial charge < -0.3 is 10.8 Å². The molecule has 0 fully saturated rings. The van der Waals surface area contributed by atoms with Gasteiger partial charge in [0, 0.05) is 18.2 Å². The van der Waals surface area contributed by atoms with E-state index in [-0.39, 0.29) is 18.5 Å². The first-order chi connectivity index (χ1) is 6.65. The molecule has 1 atom stereocenters. The minimum absolute atomic E-state index is 0.0983. The number of halogens is 1. The number of aliphatic hydroxyl groups excluding tert-OH is 1. The lowest BCUT2D eigenvalue weighted by Crippen LogP contribution is -2.12. The van der Waals surface area contributed by atoms with Crippen molar-refractivity contribution in [2.75, 3.05) is 6.61 Å². The molecule has 1 rings (SSSR count). The van der Waals surface area contributed by atoms with E-state index in [2.05, 4.69) is 0 Å². The van der Waals surface area contributed by atoms with E-state index in [0.29, 0.717) is 18.4 Å². The third-order valence-corrected chi connectivity index (χ3v) is 2.22. The highest BCUT2D eigenvalue weighted by Gasteiger charge is 2.10. The van der Waals surface area contributed by atoms with E-state index in [4.69, 9.17) is 10.8 Å². The van der Waals surface area contributed by atoms with Crippen molar-refractivity contribution in [1.29, 1.82) is 0 Å². The SMILES string of the molecule is Cc1ccc(F)c([C@H](N)CCCO)c1. The van der Waals surface area contributed by atoms with E-state index in [9.17, 15) is 4.39 Å². The van der Waals surface area contributed by atoms with Crippen LogP contribution in [0, 0.1) is 12.7 Å². The minimum Gasteiger partial charge on any atom is -0.396 e. The van der Waals surface area contributed by atoms with Gasteiger partial charge in [-0.05, 0) is 25.8 Å². The smallest absolute Gasteiger partial charge is 0.127 e. The van der Waals surface area contributed by atoms with Crippen molar-refractivity contribution in [1.82, 2.24) is 0 Å². The highest BCUT2D eigenvalue weighted by Crippen LogP contribution is 2.20. The second-order valence-electron chi connectivity index (χ2n) is 3.50. The maximum Gasteiger partial charge on any atom is 0.127 e. The van der Waals surface area contributed by atoms with E-state index < -0.39 is 0 Å². The van der Waals surface area contributed by atoms with Crippen LogP contribution in [0.2, 0.25) is 0 Å². The van der Waals surface area contributed by atoms with Crippen LogP contribution >= 0.6 is 0 Å². The lowest BCUT2D eigenvalue weighted by Gasteiger charge is -2.12. The molecule has 0 unspecified atom stereocenters. The van der Waals surface area contributed by atoms with Crippen molar-refractivity contribution in [3.05, 3.63) is 35.1 Å². The summed E-state index contributed by atoms with van der Waals surface area (Å²) in [5, 5.41) is 8.64. The van der Waals surface area contributed by atoms with Crippen LogP contribution < -0.4 is 5.73 Å². The molecule has 1 aromatic rings. The van der Waals surface area contributed by atoms with Gasteiger partial charge >= 0.3 is 0 Å². The van der Waals surface area contributed by atoms with Crippen molar-refractivity contribution in [3.63, 3.8) is 0 Å². The molecule has 0 heterocycles. The Morgan fingerprint density at radius 1 is 1.50 bits per heavy atom. The van der Waals surface area contributed by atoms with E-state index >= 15 is 0 Å². The second kappa shape index (κ2) is 5.08. The summed E-state index contributed by atoms with van der Waals surface area (Å²) in [6.45, 7) is 2.00. The zero-order valence-electron chi connectivity index (χ0n) is 8.33. The van der Waals surface area contributed by atoms with Gasteiger partial charge in [0.05, 0.1) is 0 Å². The van der Waals surface area contributed by atoms with Crippen molar-refractivity contribution in [2.45, 2.75) is 25.8 Å². The summed E-state index contributed by atoms with van der Waals surface area (Å²) in [4.78, 5) is 0. The number of nitrogens with two attached hydrogens (primary N) is 1. The molecule has 0 saturated carbocycles. The molecule has 2 nitrogen and oxygen atoms in total. The summed E-state index contributed by atoms with van der Waals surface area (Å²) in [5.74, 6) is -0.263. The normalized spacial score (nSPS) is 12.9. The summed E-state index contributed by atoms with van der Waals surface area (Å²) >= 11 is 0. The van der Waals surface area contributed by atoms with E-state index in [1.54, 1.807) is 12.1 Å². The maximum atomic E-state index is 13.3. The maximum absolute atomic E-state index is 13.3. The van der Waals surface area contributed by atoms with Gasteiger partial charge in [-0.25, -0.2) is 4.39 Å². The van der Waals surface area contributed by atoms with E-state index in [0.717, 1.165) is 5.56 Å². The average Bonchev–Trinajstić information content (AvgIpc) is 2.18. The Labute approximate surface area is 83.6 Å². The lowest BCUT2D eigenvalue weighted by atomic mass is 10.0. The Morgan fingerprint density at radius 2 is 2.21 bits per heavy atom. The van der Waals surface area contributed by atoms with Crippen molar-refractivity contribution >= 4 is 0 Å². The first-order valence-corrected chi connectivity index (χ1v) is 4.77. The minimum atomic E-state index is -0.318. The van der Waals surface area contributed by atoms with Crippen molar-refractivity contribution in [3.8, 4) is 0 Å². The van der Waals surface area contributed by atoms with E-state index in [1.807, 2.05) is 6.92 Å². The first kappa shape index (κ1) is 11.1. The van der Waals surface area contributed by atoms with Crippen LogP contribution in [-0.4, -0.2) is 11.7 Å². The topological polar surface area (TPSA) is 46.2 Å². The molecule has 0 aliphatic heterocycles. The fourth-order valence-electron chi connectivity index (χ4n) is 1.41. The van der Waals surface area contributed by atoms with Gasteiger partial charge in [-0.2, -0.15) is 0 Å². The first-order valence-electron chi connectivity index (χ1n) is 4.77. The fraction of sp³-hybridized carbons (Fsp3) is 0.455. The Bertz CT molecular complexity index is 301. The Hall–Kier alpha value is -0.930. The van der Waals surface area contributed by atoms with Gasteiger partial charge in [0.2, 0.25) is 0 Å². The standard InChI is InChI=1S/C11H16FNO/c1-8-4-5-10(12)9(7-8)11(13)3-2-6-14/h4-5,7,11,14H,2-3,6,13H2,1H3/t11-/m1/s1. The fourth-order valence-corrected chi connectivity index (χ4v) is 1.41. The average molecular weight is 197 g/mol. The lowest BCUT2D eigenvalue weighted by molar-refractivity contribution is 0.279. The quantitative estimate of drug-likeness (QED) is 0.774. The highest BCUT2D eigenvalue weighted by molar-refractivity contribution is 5.26. The molecule has 0 radical (unpaired) electrons. The van der Waals surface area contributed by atoms with Gasteiger partial charge in [-0.1, -0.05) is 17.7 Å². The molecule has 1 aromatic carbocycles. The predicted molar refractivity (Wildman–Crippen MR) is 54.4 cm³/mol. The van der Waals surface area contributed by atoms with Gasteiger partial charge in [-0.15, -0.1) is 0 Å². The molecule has 0 bridgehead atoms. The number of benzene rings is 1. The molecule has 0 aliphatic carbocycles. The molecule has 3 N–H and O–H groups in total. The van der Waals surface area contributed by atoms with Crippen LogP contribution in [0.15, 0.2) is 18.2 Å². The number of hydrogen-bond acceptors (Lipinski definition) is 2. The van der Waals surface area contributed by atoms with E-state index in [1.165, 1.54) is 6.07 Å². The van der Waals surface area contributed by atoms with Crippen molar-refractivity contribution in [2.24, 2.45) is 5.73 Å². The summed E-state index contributed by atoms with van der Waals surface area (Å²) in [7, 11) is 0. The summed E-state index contributed by atoms with van der Waals surface area (Å²) < 4.78 is 13.3. The molecular weight excluding hydrogens is 181 g/mol. The zero-order valence-corrected chi connectivity index (χ0v) is 8.33. The molecular formula is C11H16FNO. The number of hydrogen-bond donors (Lipinski definition) is 2. The summed E-state index contributed by atoms with van der Waals surface area (Å²) in [6.07, 6.45) is 1.21. The van der Waals surface area contributed by atoms with Crippen LogP contribution in [0.4, 0.5) is 4.39 Å². The molecule has 14 heavy (non-hydrogen) atoms. The zero-order chi connectivity index (χ0) is 10.6. The van der Waals surface area contributed by atoms with Gasteiger partial charge in [-0.3, -0.25) is 0 Å². The Kier molecular flexibility index (Phi) is 4.04. The number of rotatable bonds is 4. The largest absolute Gasteiger partial charge is 0.396 e. The van der Waals surface area contributed by atoms with Gasteiger partial charge in [0.1, 0.15) is 5.82 Å². The predicted octanol–water partition coefficient (Wildman–Crippen LogP) is 1.91. The highest BCUT2D eigenvalue weighted by atomic mass is 19.1. The third kappa shape index (κ3) is 2.79. The Balaban J connectivity index is 2.77. The monoisotopic (exact) mass is 197 g/mol.